The molecule has 1 aliphatic rings. The fraction of sp³-hybridized carbons (Fsp3) is 0.733. The van der Waals surface area contributed by atoms with E-state index in [-0.39, 0.29) is 11.2 Å². The summed E-state index contributed by atoms with van der Waals surface area (Å²) in [6, 6.07) is 0.496. The van der Waals surface area contributed by atoms with E-state index in [1.165, 1.54) is 48.3 Å². The van der Waals surface area contributed by atoms with Gasteiger partial charge in [-0.05, 0) is 18.8 Å². The van der Waals surface area contributed by atoms with Crippen LogP contribution in [0.4, 0.5) is 0 Å². The van der Waals surface area contributed by atoms with E-state index in [0.717, 1.165) is 5.92 Å². The van der Waals surface area contributed by atoms with Gasteiger partial charge in [0.2, 0.25) is 0 Å². The van der Waals surface area contributed by atoms with Crippen LogP contribution in [0.25, 0.3) is 0 Å². The highest BCUT2D eigenvalue weighted by Gasteiger charge is 2.20. The van der Waals surface area contributed by atoms with Crippen molar-refractivity contribution in [3.63, 3.8) is 0 Å². The second-order valence-electron chi connectivity index (χ2n) is 5.93. The van der Waals surface area contributed by atoms with Gasteiger partial charge >= 0.3 is 5.69 Å². The largest absolute Gasteiger partial charge is 0.330 e. The molecule has 0 aromatic carbocycles. The van der Waals surface area contributed by atoms with Crippen LogP contribution in [0.3, 0.4) is 0 Å². The molecule has 5 nitrogen and oxygen atoms in total. The summed E-state index contributed by atoms with van der Waals surface area (Å²) >= 11 is 0. The van der Waals surface area contributed by atoms with E-state index in [2.05, 4.69) is 12.2 Å². The number of nitrogens with one attached hydrogen (secondary N) is 1. The van der Waals surface area contributed by atoms with E-state index in [0.29, 0.717) is 18.2 Å². The summed E-state index contributed by atoms with van der Waals surface area (Å²) in [7, 11) is 3.21. The maximum atomic E-state index is 12.0. The monoisotopic (exact) mass is 279 g/mol. The standard InChI is InChI=1S/C15H25N3O2/c1-4-11-6-5-7-13(8-11)16-9-12-10-17(2)15(20)18(3)14(12)19/h10-11,13,16H,4-9H2,1-3H3. The summed E-state index contributed by atoms with van der Waals surface area (Å²) in [5, 5.41) is 3.49. The van der Waals surface area contributed by atoms with E-state index in [1.807, 2.05) is 0 Å². The van der Waals surface area contributed by atoms with Crippen molar-refractivity contribution in [3.8, 4) is 0 Å². The lowest BCUT2D eigenvalue weighted by Crippen LogP contribution is -2.41. The molecule has 0 aliphatic heterocycles. The molecule has 0 radical (unpaired) electrons. The summed E-state index contributed by atoms with van der Waals surface area (Å²) in [5.74, 6) is 0.809. The van der Waals surface area contributed by atoms with Gasteiger partial charge in [-0.3, -0.25) is 9.36 Å². The molecule has 2 unspecified atom stereocenters. The van der Waals surface area contributed by atoms with E-state index < -0.39 is 0 Å². The first-order chi connectivity index (χ1) is 9.52. The van der Waals surface area contributed by atoms with Gasteiger partial charge < -0.3 is 9.88 Å². The van der Waals surface area contributed by atoms with Gasteiger partial charge in [0, 0.05) is 38.4 Å². The van der Waals surface area contributed by atoms with Crippen LogP contribution in [0.15, 0.2) is 15.8 Å². The Hall–Kier alpha value is -1.36. The van der Waals surface area contributed by atoms with E-state index >= 15 is 0 Å². The van der Waals surface area contributed by atoms with Crippen LogP contribution in [-0.4, -0.2) is 15.2 Å². The van der Waals surface area contributed by atoms with Gasteiger partial charge in [-0.1, -0.05) is 26.2 Å². The zero-order valence-corrected chi connectivity index (χ0v) is 12.7. The maximum absolute atomic E-state index is 12.0. The van der Waals surface area contributed by atoms with Gasteiger partial charge in [0.1, 0.15) is 0 Å². The second kappa shape index (κ2) is 6.39. The minimum absolute atomic E-state index is 0.191. The fourth-order valence-corrected chi connectivity index (χ4v) is 3.11. The van der Waals surface area contributed by atoms with Crippen molar-refractivity contribution < 1.29 is 0 Å². The highest BCUT2D eigenvalue weighted by atomic mass is 16.2. The summed E-state index contributed by atoms with van der Waals surface area (Å²) in [6.45, 7) is 2.79. The van der Waals surface area contributed by atoms with Gasteiger partial charge in [0.25, 0.3) is 5.56 Å². The third-order valence-electron chi connectivity index (χ3n) is 4.46. The lowest BCUT2D eigenvalue weighted by molar-refractivity contribution is 0.278. The average Bonchev–Trinajstić information content (AvgIpc) is 2.47. The molecule has 20 heavy (non-hydrogen) atoms. The first-order valence-electron chi connectivity index (χ1n) is 7.51. The Kier molecular flexibility index (Phi) is 4.81. The Balaban J connectivity index is 2.04. The molecule has 0 bridgehead atoms. The molecule has 0 amide bonds. The van der Waals surface area contributed by atoms with Crippen molar-refractivity contribution in [1.29, 1.82) is 0 Å². The normalized spacial score (nSPS) is 22.9. The van der Waals surface area contributed by atoms with E-state index in [9.17, 15) is 9.59 Å². The number of aromatic nitrogens is 2. The maximum Gasteiger partial charge on any atom is 0.330 e. The molecule has 2 rings (SSSR count). The number of nitrogens with zero attached hydrogens (tertiary/aromatic N) is 2. The Morgan fingerprint density at radius 1 is 1.30 bits per heavy atom. The van der Waals surface area contributed by atoms with Crippen LogP contribution in [0.1, 0.15) is 44.6 Å². The van der Waals surface area contributed by atoms with Crippen LogP contribution in [-0.2, 0) is 20.6 Å². The lowest BCUT2D eigenvalue weighted by atomic mass is 9.84. The zero-order valence-electron chi connectivity index (χ0n) is 12.7. The summed E-state index contributed by atoms with van der Waals surface area (Å²) in [6.07, 6.45) is 7.86. The Morgan fingerprint density at radius 3 is 2.75 bits per heavy atom. The van der Waals surface area contributed by atoms with Gasteiger partial charge in [0.15, 0.2) is 0 Å². The molecular formula is C15H25N3O2. The molecule has 112 valence electrons. The highest BCUT2D eigenvalue weighted by Crippen LogP contribution is 2.26. The van der Waals surface area contributed by atoms with Crippen LogP contribution in [0.5, 0.6) is 0 Å². The van der Waals surface area contributed by atoms with Crippen molar-refractivity contribution in [1.82, 2.24) is 14.5 Å². The molecule has 1 heterocycles. The molecule has 1 aromatic heterocycles. The molecular weight excluding hydrogens is 254 g/mol. The third-order valence-corrected chi connectivity index (χ3v) is 4.46. The van der Waals surface area contributed by atoms with Gasteiger partial charge in [-0.2, -0.15) is 0 Å². The predicted molar refractivity (Wildman–Crippen MR) is 79.8 cm³/mol. The number of hydrogen-bond acceptors (Lipinski definition) is 3. The third kappa shape index (κ3) is 3.20. The van der Waals surface area contributed by atoms with Crippen LogP contribution in [0, 0.1) is 5.92 Å². The summed E-state index contributed by atoms with van der Waals surface area (Å²) < 4.78 is 2.64. The van der Waals surface area contributed by atoms with Crippen molar-refractivity contribution in [2.45, 2.75) is 51.6 Å². The lowest BCUT2D eigenvalue weighted by Gasteiger charge is -2.29. The molecule has 1 N–H and O–H groups in total. The van der Waals surface area contributed by atoms with Crippen molar-refractivity contribution in [2.24, 2.45) is 20.0 Å². The number of rotatable bonds is 4. The molecule has 0 spiro atoms. The predicted octanol–water partition coefficient (Wildman–Crippen LogP) is 1.14. The number of aryl methyl sites for hydroxylation is 1. The Morgan fingerprint density at radius 2 is 2.05 bits per heavy atom. The van der Waals surface area contributed by atoms with E-state index in [4.69, 9.17) is 0 Å². The van der Waals surface area contributed by atoms with Gasteiger partial charge in [-0.15, -0.1) is 0 Å². The summed E-state index contributed by atoms with van der Waals surface area (Å²) in [4.78, 5) is 23.7. The molecule has 1 fully saturated rings. The van der Waals surface area contributed by atoms with Crippen molar-refractivity contribution >= 4 is 0 Å². The SMILES string of the molecule is CCC1CCCC(NCc2cn(C)c(=O)n(C)c2=O)C1. The van der Waals surface area contributed by atoms with Crippen molar-refractivity contribution in [3.05, 3.63) is 32.6 Å². The van der Waals surface area contributed by atoms with Crippen LogP contribution < -0.4 is 16.6 Å². The van der Waals surface area contributed by atoms with Crippen molar-refractivity contribution in [2.75, 3.05) is 0 Å². The highest BCUT2D eigenvalue weighted by molar-refractivity contribution is 5.05. The van der Waals surface area contributed by atoms with Gasteiger partial charge in [0.05, 0.1) is 0 Å². The molecule has 1 aromatic rings. The Labute approximate surface area is 119 Å². The molecule has 1 aliphatic carbocycles. The molecule has 2 atom stereocenters. The first kappa shape index (κ1) is 15.0. The minimum atomic E-state index is -0.275. The van der Waals surface area contributed by atoms with E-state index in [1.54, 1.807) is 13.2 Å². The smallest absolute Gasteiger partial charge is 0.310 e. The zero-order chi connectivity index (χ0) is 14.7. The van der Waals surface area contributed by atoms with Crippen LogP contribution in [0.2, 0.25) is 0 Å². The fourth-order valence-electron chi connectivity index (χ4n) is 3.11. The first-order valence-corrected chi connectivity index (χ1v) is 7.51. The Bertz CT molecular complexity index is 573. The van der Waals surface area contributed by atoms with Gasteiger partial charge in [-0.25, -0.2) is 4.79 Å². The summed E-state index contributed by atoms with van der Waals surface area (Å²) in [5.41, 5.74) is 0.194. The number of hydrogen-bond donors (Lipinski definition) is 1. The van der Waals surface area contributed by atoms with Crippen LogP contribution >= 0.6 is 0 Å². The quantitative estimate of drug-likeness (QED) is 0.899. The second-order valence-corrected chi connectivity index (χ2v) is 5.93. The minimum Gasteiger partial charge on any atom is -0.310 e. The topological polar surface area (TPSA) is 56.0 Å². The molecule has 1 saturated carbocycles. The molecule has 0 saturated heterocycles. The average molecular weight is 279 g/mol. The molecule has 5 heteroatoms.